The van der Waals surface area contributed by atoms with Gasteiger partial charge in [-0.25, -0.2) is 4.79 Å². The number of hydrogen-bond donors (Lipinski definition) is 4. The number of aromatic hydroxyl groups is 1. The fourth-order valence-corrected chi connectivity index (χ4v) is 1.94. The molecule has 7 heteroatoms. The van der Waals surface area contributed by atoms with Gasteiger partial charge in [-0.2, -0.15) is 0 Å². The van der Waals surface area contributed by atoms with E-state index in [0.717, 1.165) is 0 Å². The van der Waals surface area contributed by atoms with Crippen LogP contribution >= 0.6 is 0 Å². The summed E-state index contributed by atoms with van der Waals surface area (Å²) in [4.78, 5) is 22.9. The maximum Gasteiger partial charge on any atom is 0.326 e. The van der Waals surface area contributed by atoms with Gasteiger partial charge in [0.05, 0.1) is 7.11 Å². The Morgan fingerprint density at radius 1 is 1.39 bits per heavy atom. The number of hydrogen-bond acceptors (Lipinski definition) is 5. The lowest BCUT2D eigenvalue weighted by molar-refractivity contribution is -0.141. The van der Waals surface area contributed by atoms with E-state index in [1.54, 1.807) is 12.1 Å². The number of benzene rings is 1. The van der Waals surface area contributed by atoms with Gasteiger partial charge in [0.25, 0.3) is 0 Å². The minimum atomic E-state index is -1.07. The Balaban J connectivity index is 2.64. The predicted molar refractivity (Wildman–Crippen MR) is 86.2 cm³/mol. The molecule has 1 aromatic rings. The first-order valence-corrected chi connectivity index (χ1v) is 7.26. The zero-order valence-corrected chi connectivity index (χ0v) is 13.0. The number of methoxy groups -OCH3 is 1. The third-order valence-corrected chi connectivity index (χ3v) is 3.19. The number of carbonyl (C=O) groups is 2. The van der Waals surface area contributed by atoms with E-state index < -0.39 is 17.9 Å². The van der Waals surface area contributed by atoms with Crippen LogP contribution < -0.4 is 15.8 Å². The van der Waals surface area contributed by atoms with Crippen LogP contribution in [-0.2, 0) is 9.59 Å². The van der Waals surface area contributed by atoms with Crippen molar-refractivity contribution in [1.82, 2.24) is 5.32 Å². The van der Waals surface area contributed by atoms with Crippen molar-refractivity contribution in [2.75, 3.05) is 13.7 Å². The van der Waals surface area contributed by atoms with E-state index in [1.807, 2.05) is 0 Å². The SMILES string of the molecule is COc1cc(/C=C/C(=O)N[C@H](CCCCN)C(=O)O)ccc1O. The summed E-state index contributed by atoms with van der Waals surface area (Å²) in [7, 11) is 1.42. The first-order valence-electron chi connectivity index (χ1n) is 7.26. The summed E-state index contributed by atoms with van der Waals surface area (Å²) in [6, 6.07) is 3.68. The third-order valence-electron chi connectivity index (χ3n) is 3.19. The number of aliphatic carboxylic acids is 1. The maximum atomic E-state index is 11.8. The molecule has 7 nitrogen and oxygen atoms in total. The third kappa shape index (κ3) is 6.39. The summed E-state index contributed by atoms with van der Waals surface area (Å²) in [5.41, 5.74) is 6.01. The molecule has 0 aromatic heterocycles. The van der Waals surface area contributed by atoms with Crippen LogP contribution in [0, 0.1) is 0 Å². The Morgan fingerprint density at radius 3 is 2.74 bits per heavy atom. The Kier molecular flexibility index (Phi) is 7.62. The van der Waals surface area contributed by atoms with Crippen molar-refractivity contribution < 1.29 is 24.5 Å². The molecule has 1 amide bonds. The van der Waals surface area contributed by atoms with E-state index in [0.29, 0.717) is 31.4 Å². The molecule has 0 spiro atoms. The molecular weight excluding hydrogens is 300 g/mol. The standard InChI is InChI=1S/C16H22N2O5/c1-23-14-10-11(5-7-13(14)19)6-8-15(20)18-12(16(21)22)4-2-3-9-17/h5-8,10,12,19H,2-4,9,17H2,1H3,(H,18,20)(H,21,22)/b8-6+/t12-/m1/s1. The lowest BCUT2D eigenvalue weighted by atomic mass is 10.1. The zero-order valence-electron chi connectivity index (χ0n) is 13.0. The molecule has 1 atom stereocenters. The average molecular weight is 322 g/mol. The van der Waals surface area contributed by atoms with Crippen LogP contribution in [0.3, 0.4) is 0 Å². The van der Waals surface area contributed by atoms with Gasteiger partial charge in [-0.05, 0) is 49.6 Å². The quantitative estimate of drug-likeness (QED) is 0.399. The summed E-state index contributed by atoms with van der Waals surface area (Å²) in [6.07, 6.45) is 4.43. The van der Waals surface area contributed by atoms with Crippen LogP contribution in [0.4, 0.5) is 0 Å². The highest BCUT2D eigenvalue weighted by atomic mass is 16.5. The van der Waals surface area contributed by atoms with Crippen molar-refractivity contribution in [1.29, 1.82) is 0 Å². The molecule has 0 aliphatic carbocycles. The normalized spacial score (nSPS) is 12.1. The first kappa shape index (κ1) is 18.5. The Hall–Kier alpha value is -2.54. The van der Waals surface area contributed by atoms with Crippen LogP contribution in [0.15, 0.2) is 24.3 Å². The number of nitrogens with one attached hydrogen (secondary N) is 1. The Bertz CT molecular complexity index is 572. The predicted octanol–water partition coefficient (Wildman–Crippen LogP) is 1.11. The summed E-state index contributed by atoms with van der Waals surface area (Å²) in [5, 5.41) is 21.0. The average Bonchev–Trinajstić information content (AvgIpc) is 2.53. The molecule has 0 saturated carbocycles. The van der Waals surface area contributed by atoms with Crippen molar-refractivity contribution in [2.24, 2.45) is 5.73 Å². The number of nitrogens with two attached hydrogens (primary N) is 1. The molecule has 0 unspecified atom stereocenters. The fraction of sp³-hybridized carbons (Fsp3) is 0.375. The smallest absolute Gasteiger partial charge is 0.326 e. The molecule has 126 valence electrons. The van der Waals surface area contributed by atoms with Gasteiger partial charge in [0.2, 0.25) is 5.91 Å². The highest BCUT2D eigenvalue weighted by Crippen LogP contribution is 2.26. The summed E-state index contributed by atoms with van der Waals surface area (Å²) in [5.74, 6) is -1.29. The number of rotatable bonds is 9. The van der Waals surface area contributed by atoms with Gasteiger partial charge >= 0.3 is 5.97 Å². The molecule has 23 heavy (non-hydrogen) atoms. The molecule has 5 N–H and O–H groups in total. The summed E-state index contributed by atoms with van der Waals surface area (Å²) in [6.45, 7) is 0.489. The number of phenolic OH excluding ortho intramolecular Hbond substituents is 1. The zero-order chi connectivity index (χ0) is 17.2. The lowest BCUT2D eigenvalue weighted by Gasteiger charge is -2.12. The molecule has 0 fully saturated rings. The van der Waals surface area contributed by atoms with Crippen LogP contribution in [0.1, 0.15) is 24.8 Å². The van der Waals surface area contributed by atoms with Gasteiger partial charge < -0.3 is 26.0 Å². The van der Waals surface area contributed by atoms with E-state index in [9.17, 15) is 14.7 Å². The van der Waals surface area contributed by atoms with E-state index >= 15 is 0 Å². The molecule has 0 aliphatic rings. The van der Waals surface area contributed by atoms with Crippen LogP contribution in [0.5, 0.6) is 11.5 Å². The van der Waals surface area contributed by atoms with Crippen LogP contribution in [-0.4, -0.2) is 41.8 Å². The van der Waals surface area contributed by atoms with Gasteiger partial charge in [0, 0.05) is 6.08 Å². The number of carboxylic acids is 1. The molecule has 1 aromatic carbocycles. The number of carbonyl (C=O) groups excluding carboxylic acids is 1. The Morgan fingerprint density at radius 2 is 2.13 bits per heavy atom. The topological polar surface area (TPSA) is 122 Å². The monoisotopic (exact) mass is 322 g/mol. The molecular formula is C16H22N2O5. The summed E-state index contributed by atoms with van der Waals surface area (Å²) >= 11 is 0. The van der Waals surface area contributed by atoms with E-state index in [1.165, 1.54) is 25.3 Å². The van der Waals surface area contributed by atoms with Gasteiger partial charge in [0.1, 0.15) is 6.04 Å². The highest BCUT2D eigenvalue weighted by Gasteiger charge is 2.18. The van der Waals surface area contributed by atoms with Crippen molar-refractivity contribution in [3.05, 3.63) is 29.8 Å². The second-order valence-electron chi connectivity index (χ2n) is 4.95. The molecule has 1 rings (SSSR count). The van der Waals surface area contributed by atoms with Gasteiger partial charge in [-0.15, -0.1) is 0 Å². The minimum Gasteiger partial charge on any atom is -0.504 e. The van der Waals surface area contributed by atoms with Crippen molar-refractivity contribution in [3.8, 4) is 11.5 Å². The largest absolute Gasteiger partial charge is 0.504 e. The molecule has 0 radical (unpaired) electrons. The molecule has 0 heterocycles. The molecule has 0 aliphatic heterocycles. The van der Waals surface area contributed by atoms with Crippen molar-refractivity contribution in [3.63, 3.8) is 0 Å². The number of unbranched alkanes of at least 4 members (excludes halogenated alkanes) is 1. The number of phenols is 1. The van der Waals surface area contributed by atoms with E-state index in [-0.39, 0.29) is 11.5 Å². The maximum absolute atomic E-state index is 11.8. The summed E-state index contributed by atoms with van der Waals surface area (Å²) < 4.78 is 4.97. The lowest BCUT2D eigenvalue weighted by Crippen LogP contribution is -2.39. The first-order chi connectivity index (χ1) is 11.0. The fourth-order valence-electron chi connectivity index (χ4n) is 1.94. The molecule has 0 bridgehead atoms. The highest BCUT2D eigenvalue weighted by molar-refractivity contribution is 5.94. The Labute approximate surface area is 134 Å². The van der Waals surface area contributed by atoms with Crippen molar-refractivity contribution >= 4 is 18.0 Å². The van der Waals surface area contributed by atoms with Crippen LogP contribution in [0.25, 0.3) is 6.08 Å². The van der Waals surface area contributed by atoms with Crippen LogP contribution in [0.2, 0.25) is 0 Å². The minimum absolute atomic E-state index is 0.0000495. The van der Waals surface area contributed by atoms with Gasteiger partial charge in [0.15, 0.2) is 11.5 Å². The van der Waals surface area contributed by atoms with Crippen molar-refractivity contribution in [2.45, 2.75) is 25.3 Å². The van der Waals surface area contributed by atoms with E-state index in [4.69, 9.17) is 15.6 Å². The molecule has 0 saturated heterocycles. The number of ether oxygens (including phenoxy) is 1. The van der Waals surface area contributed by atoms with E-state index in [2.05, 4.69) is 5.32 Å². The van der Waals surface area contributed by atoms with Gasteiger partial charge in [-0.3, -0.25) is 4.79 Å². The number of carboxylic acid groups (broad SMARTS) is 1. The second-order valence-corrected chi connectivity index (χ2v) is 4.95. The van der Waals surface area contributed by atoms with Gasteiger partial charge in [-0.1, -0.05) is 6.07 Å². The number of amides is 1. The second kappa shape index (κ2) is 9.47.